The maximum absolute atomic E-state index is 12.5. The Balaban J connectivity index is 1.64. The lowest BCUT2D eigenvalue weighted by atomic mass is 10.0. The summed E-state index contributed by atoms with van der Waals surface area (Å²) in [7, 11) is 0. The van der Waals surface area contributed by atoms with Crippen molar-refractivity contribution in [2.45, 2.75) is 31.9 Å². The summed E-state index contributed by atoms with van der Waals surface area (Å²) in [5.41, 5.74) is 4.37. The Morgan fingerprint density at radius 3 is 2.66 bits per heavy atom. The molecule has 0 amide bonds. The first-order chi connectivity index (χ1) is 14.3. The van der Waals surface area contributed by atoms with Gasteiger partial charge in [0.25, 0.3) is 5.56 Å². The number of hydrogen-bond donors (Lipinski definition) is 0. The van der Waals surface area contributed by atoms with Gasteiger partial charge in [-0.3, -0.25) is 4.79 Å². The number of fused-ring (bicyclic) bond motifs is 1. The zero-order valence-corrected chi connectivity index (χ0v) is 16.1. The van der Waals surface area contributed by atoms with Gasteiger partial charge in [-0.05, 0) is 37.5 Å². The molecule has 146 valence electrons. The molecule has 0 radical (unpaired) electrons. The molecule has 29 heavy (non-hydrogen) atoms. The summed E-state index contributed by atoms with van der Waals surface area (Å²) in [6.07, 6.45) is 5.15. The van der Waals surface area contributed by atoms with Crippen LogP contribution in [0.3, 0.4) is 0 Å². The fourth-order valence-electron chi connectivity index (χ4n) is 3.91. The van der Waals surface area contributed by atoms with Crippen LogP contribution in [0, 0.1) is 0 Å². The molecule has 6 heteroatoms. The average Bonchev–Trinajstić information content (AvgIpc) is 3.16. The first kappa shape index (κ1) is 17.8. The molecule has 0 bridgehead atoms. The standard InChI is InChI=1S/C23H22N4O2/c28-21-13-12-19(24-27(21)16-18-10-5-7-15-29-18)22-20-11-4-6-14-26(20)25-23(22)17-8-2-1-3-9-17/h1-4,6,8-9,11-14,18H,5,7,10,15-16H2. The Kier molecular flexibility index (Phi) is 4.69. The summed E-state index contributed by atoms with van der Waals surface area (Å²) >= 11 is 0. The Labute approximate surface area is 168 Å². The summed E-state index contributed by atoms with van der Waals surface area (Å²) in [6.45, 7) is 1.23. The van der Waals surface area contributed by atoms with Crippen molar-refractivity contribution in [1.82, 2.24) is 19.4 Å². The maximum atomic E-state index is 12.5. The number of hydrogen-bond acceptors (Lipinski definition) is 4. The fraction of sp³-hybridized carbons (Fsp3) is 0.261. The van der Waals surface area contributed by atoms with E-state index < -0.39 is 0 Å². The van der Waals surface area contributed by atoms with E-state index in [-0.39, 0.29) is 11.7 Å². The van der Waals surface area contributed by atoms with E-state index in [4.69, 9.17) is 14.9 Å². The number of pyridine rings is 1. The SMILES string of the molecule is O=c1ccc(-c2c(-c3ccccc3)nn3ccccc23)nn1CC1CCCCO1. The van der Waals surface area contributed by atoms with E-state index >= 15 is 0 Å². The van der Waals surface area contributed by atoms with E-state index in [1.165, 1.54) is 4.68 Å². The fourth-order valence-corrected chi connectivity index (χ4v) is 3.91. The Bertz CT molecular complexity index is 1190. The lowest BCUT2D eigenvalue weighted by molar-refractivity contribution is 0.00321. The Morgan fingerprint density at radius 1 is 0.966 bits per heavy atom. The predicted molar refractivity (Wildman–Crippen MR) is 112 cm³/mol. The van der Waals surface area contributed by atoms with Gasteiger partial charge in [-0.15, -0.1) is 0 Å². The number of aromatic nitrogens is 4. The number of ether oxygens (including phenoxy) is 1. The molecule has 1 saturated heterocycles. The van der Waals surface area contributed by atoms with Gasteiger partial charge in [-0.1, -0.05) is 36.4 Å². The highest BCUT2D eigenvalue weighted by Gasteiger charge is 2.20. The molecule has 1 aliphatic heterocycles. The molecule has 1 unspecified atom stereocenters. The van der Waals surface area contributed by atoms with Crippen LogP contribution in [0.1, 0.15) is 19.3 Å². The van der Waals surface area contributed by atoms with Crippen LogP contribution in [0.5, 0.6) is 0 Å². The molecule has 6 nitrogen and oxygen atoms in total. The van der Waals surface area contributed by atoms with Crippen molar-refractivity contribution >= 4 is 5.52 Å². The van der Waals surface area contributed by atoms with Crippen molar-refractivity contribution < 1.29 is 4.74 Å². The Morgan fingerprint density at radius 2 is 1.83 bits per heavy atom. The van der Waals surface area contributed by atoms with Gasteiger partial charge in [0.05, 0.1) is 29.4 Å². The molecule has 0 aliphatic carbocycles. The van der Waals surface area contributed by atoms with E-state index in [0.717, 1.165) is 53.9 Å². The molecular formula is C23H22N4O2. The minimum Gasteiger partial charge on any atom is -0.376 e. The summed E-state index contributed by atoms with van der Waals surface area (Å²) in [4.78, 5) is 12.5. The van der Waals surface area contributed by atoms with Crippen molar-refractivity contribution in [2.75, 3.05) is 6.61 Å². The van der Waals surface area contributed by atoms with Crippen molar-refractivity contribution in [3.63, 3.8) is 0 Å². The lowest BCUT2D eigenvalue weighted by Gasteiger charge is -2.22. The van der Waals surface area contributed by atoms with Crippen LogP contribution < -0.4 is 5.56 Å². The average molecular weight is 386 g/mol. The van der Waals surface area contributed by atoms with Crippen molar-refractivity contribution in [3.05, 3.63) is 77.2 Å². The van der Waals surface area contributed by atoms with E-state index in [0.29, 0.717) is 6.54 Å². The van der Waals surface area contributed by atoms with Crippen molar-refractivity contribution in [3.8, 4) is 22.5 Å². The minimum absolute atomic E-state index is 0.0432. The third-order valence-electron chi connectivity index (χ3n) is 5.36. The zero-order chi connectivity index (χ0) is 19.6. The second-order valence-corrected chi connectivity index (χ2v) is 7.35. The maximum Gasteiger partial charge on any atom is 0.266 e. The molecule has 1 aliphatic rings. The molecule has 0 spiro atoms. The topological polar surface area (TPSA) is 61.4 Å². The third kappa shape index (κ3) is 3.47. The van der Waals surface area contributed by atoms with Gasteiger partial charge >= 0.3 is 0 Å². The molecule has 1 atom stereocenters. The summed E-state index contributed by atoms with van der Waals surface area (Å²) in [5, 5.41) is 9.51. The summed E-state index contributed by atoms with van der Waals surface area (Å²) < 4.78 is 9.21. The normalized spacial score (nSPS) is 16.9. The second-order valence-electron chi connectivity index (χ2n) is 7.35. The van der Waals surface area contributed by atoms with Crippen LogP contribution in [-0.4, -0.2) is 32.1 Å². The largest absolute Gasteiger partial charge is 0.376 e. The highest BCUT2D eigenvalue weighted by Crippen LogP contribution is 2.33. The van der Waals surface area contributed by atoms with Crippen LogP contribution in [-0.2, 0) is 11.3 Å². The van der Waals surface area contributed by atoms with Crippen LogP contribution in [0.15, 0.2) is 71.7 Å². The van der Waals surface area contributed by atoms with Crippen LogP contribution in [0.4, 0.5) is 0 Å². The second kappa shape index (κ2) is 7.64. The molecular weight excluding hydrogens is 364 g/mol. The van der Waals surface area contributed by atoms with Gasteiger partial charge < -0.3 is 4.74 Å². The van der Waals surface area contributed by atoms with E-state index in [1.54, 1.807) is 12.1 Å². The first-order valence-electron chi connectivity index (χ1n) is 10.0. The molecule has 4 aromatic rings. The van der Waals surface area contributed by atoms with Gasteiger partial charge in [0.1, 0.15) is 5.69 Å². The number of rotatable bonds is 4. The van der Waals surface area contributed by atoms with Crippen LogP contribution in [0.25, 0.3) is 28.0 Å². The smallest absolute Gasteiger partial charge is 0.266 e. The lowest BCUT2D eigenvalue weighted by Crippen LogP contribution is -2.31. The van der Waals surface area contributed by atoms with Gasteiger partial charge in [0, 0.05) is 24.4 Å². The number of nitrogens with zero attached hydrogens (tertiary/aromatic N) is 4. The molecule has 4 heterocycles. The van der Waals surface area contributed by atoms with Crippen molar-refractivity contribution in [2.24, 2.45) is 0 Å². The Hall–Kier alpha value is -3.25. The monoisotopic (exact) mass is 386 g/mol. The molecule has 3 aromatic heterocycles. The molecule has 5 rings (SSSR count). The molecule has 1 aromatic carbocycles. The quantitative estimate of drug-likeness (QED) is 0.535. The molecule has 0 N–H and O–H groups in total. The van der Waals surface area contributed by atoms with E-state index in [1.807, 2.05) is 59.2 Å². The van der Waals surface area contributed by atoms with Crippen LogP contribution in [0.2, 0.25) is 0 Å². The van der Waals surface area contributed by atoms with E-state index in [2.05, 4.69) is 0 Å². The number of benzene rings is 1. The highest BCUT2D eigenvalue weighted by molar-refractivity contribution is 5.90. The van der Waals surface area contributed by atoms with Crippen LogP contribution >= 0.6 is 0 Å². The summed E-state index contributed by atoms with van der Waals surface area (Å²) in [6, 6.07) is 19.4. The molecule has 0 saturated carbocycles. The predicted octanol–water partition coefficient (Wildman–Crippen LogP) is 3.79. The summed E-state index contributed by atoms with van der Waals surface area (Å²) in [5.74, 6) is 0. The first-order valence-corrected chi connectivity index (χ1v) is 10.0. The van der Waals surface area contributed by atoms with Crippen molar-refractivity contribution in [1.29, 1.82) is 0 Å². The minimum atomic E-state index is -0.111. The highest BCUT2D eigenvalue weighted by atomic mass is 16.5. The van der Waals surface area contributed by atoms with Gasteiger partial charge in [0.15, 0.2) is 0 Å². The van der Waals surface area contributed by atoms with E-state index in [9.17, 15) is 4.79 Å². The van der Waals surface area contributed by atoms with Gasteiger partial charge in [-0.2, -0.15) is 10.2 Å². The zero-order valence-electron chi connectivity index (χ0n) is 16.1. The van der Waals surface area contributed by atoms with Gasteiger partial charge in [-0.25, -0.2) is 9.20 Å². The van der Waals surface area contributed by atoms with Gasteiger partial charge in [0.2, 0.25) is 0 Å². The third-order valence-corrected chi connectivity index (χ3v) is 5.36. The molecule has 1 fully saturated rings.